The van der Waals surface area contributed by atoms with Gasteiger partial charge in [0, 0.05) is 19.0 Å². The number of ether oxygens (including phenoxy) is 1. The van der Waals surface area contributed by atoms with E-state index in [4.69, 9.17) is 10.5 Å². The van der Waals surface area contributed by atoms with E-state index in [1.807, 2.05) is 58.0 Å². The Kier molecular flexibility index (Phi) is 14.6. The van der Waals surface area contributed by atoms with Gasteiger partial charge in [-0.1, -0.05) is 90.1 Å². The molecule has 12 heteroatoms. The number of aliphatic hydroxyl groups is 1. The quantitative estimate of drug-likeness (QED) is 0.155. The average Bonchev–Trinajstić information content (AvgIpc) is 3.54. The number of benzene rings is 2. The van der Waals surface area contributed by atoms with Crippen LogP contribution in [-0.4, -0.2) is 81.6 Å². The minimum absolute atomic E-state index is 0.0197. The lowest BCUT2D eigenvalue weighted by Crippen LogP contribution is -2.69. The number of aliphatic hydroxyl groups excluding tert-OH is 1. The van der Waals surface area contributed by atoms with E-state index in [0.717, 1.165) is 42.6 Å². The highest BCUT2D eigenvalue weighted by molar-refractivity contribution is 6.04. The maximum atomic E-state index is 15.4. The second-order valence-electron chi connectivity index (χ2n) is 15.7. The number of nitrogens with two attached hydrogens (primary N) is 1. The van der Waals surface area contributed by atoms with Crippen molar-refractivity contribution in [3.8, 4) is 5.75 Å². The number of carbonyl (C=O) groups excluding carboxylic acids is 4. The third-order valence-corrected chi connectivity index (χ3v) is 10.5. The smallest absolute Gasteiger partial charge is 0.335 e. The Morgan fingerprint density at radius 3 is 2.26 bits per heavy atom. The van der Waals surface area contributed by atoms with Gasteiger partial charge in [-0.2, -0.15) is 0 Å². The van der Waals surface area contributed by atoms with Crippen molar-refractivity contribution in [3.63, 3.8) is 0 Å². The fourth-order valence-electron chi connectivity index (χ4n) is 7.97. The molecule has 6 N–H and O–H groups in total. The average molecular weight is 735 g/mol. The number of amides is 4. The van der Waals surface area contributed by atoms with Crippen molar-refractivity contribution >= 4 is 29.6 Å². The number of aromatic carboxylic acids is 1. The molecule has 0 bridgehead atoms. The van der Waals surface area contributed by atoms with Crippen LogP contribution < -0.4 is 21.1 Å². The predicted octanol–water partition coefficient (Wildman–Crippen LogP) is 4.57. The summed E-state index contributed by atoms with van der Waals surface area (Å²) in [6.07, 6.45) is 3.89. The number of nitrogens with zero attached hydrogens (tertiary/aromatic N) is 1. The Morgan fingerprint density at radius 2 is 1.66 bits per heavy atom. The first kappa shape index (κ1) is 41.5. The van der Waals surface area contributed by atoms with Crippen LogP contribution in [0.4, 0.5) is 0 Å². The molecule has 5 atom stereocenters. The Balaban J connectivity index is 1.85. The highest BCUT2D eigenvalue weighted by atomic mass is 16.5. The molecule has 0 aromatic heterocycles. The largest absolute Gasteiger partial charge is 0.493 e. The Hall–Kier alpha value is -4.29. The van der Waals surface area contributed by atoms with Crippen molar-refractivity contribution in [2.45, 2.75) is 122 Å². The van der Waals surface area contributed by atoms with E-state index in [2.05, 4.69) is 10.6 Å². The van der Waals surface area contributed by atoms with Crippen molar-refractivity contribution in [2.75, 3.05) is 13.2 Å². The number of fused-ring (bicyclic) bond motifs is 1. The second-order valence-corrected chi connectivity index (χ2v) is 15.7. The van der Waals surface area contributed by atoms with Gasteiger partial charge in [0.2, 0.25) is 23.6 Å². The van der Waals surface area contributed by atoms with Gasteiger partial charge in [-0.25, -0.2) is 4.79 Å². The van der Waals surface area contributed by atoms with E-state index in [-0.39, 0.29) is 55.1 Å². The van der Waals surface area contributed by atoms with Gasteiger partial charge in [-0.15, -0.1) is 0 Å². The molecular formula is C41H58N4O8. The number of nitrogens with one attached hydrogen (secondary N) is 2. The summed E-state index contributed by atoms with van der Waals surface area (Å²) in [5.74, 6) is -4.26. The highest BCUT2D eigenvalue weighted by Gasteiger charge is 2.58. The number of hydrogen-bond donors (Lipinski definition) is 5. The third kappa shape index (κ3) is 10.4. The number of rotatable bonds is 17. The van der Waals surface area contributed by atoms with Crippen molar-refractivity contribution in [1.29, 1.82) is 0 Å². The number of imide groups is 1. The number of carboxylic acid groups (broad SMARTS) is 1. The topological polar surface area (TPSA) is 188 Å². The summed E-state index contributed by atoms with van der Waals surface area (Å²) in [7, 11) is 0. The molecule has 2 aromatic rings. The Bertz CT molecular complexity index is 1590. The summed E-state index contributed by atoms with van der Waals surface area (Å²) in [4.78, 5) is 70.1. The number of carboxylic acids is 1. The molecule has 0 radical (unpaired) electrons. The first-order chi connectivity index (χ1) is 25.1. The van der Waals surface area contributed by atoms with Crippen LogP contribution in [0.15, 0.2) is 48.5 Å². The fourth-order valence-corrected chi connectivity index (χ4v) is 7.97. The van der Waals surface area contributed by atoms with Crippen LogP contribution in [0.3, 0.4) is 0 Å². The van der Waals surface area contributed by atoms with E-state index in [1.54, 1.807) is 0 Å². The predicted molar refractivity (Wildman–Crippen MR) is 201 cm³/mol. The summed E-state index contributed by atoms with van der Waals surface area (Å²) in [6, 6.07) is 11.4. The van der Waals surface area contributed by atoms with E-state index in [1.165, 1.54) is 25.1 Å². The molecule has 12 nitrogen and oxygen atoms in total. The lowest BCUT2D eigenvalue weighted by molar-refractivity contribution is -0.162. The van der Waals surface area contributed by atoms with Gasteiger partial charge in [0.1, 0.15) is 11.3 Å². The maximum absolute atomic E-state index is 15.4. The maximum Gasteiger partial charge on any atom is 0.335 e. The third-order valence-electron chi connectivity index (χ3n) is 10.5. The van der Waals surface area contributed by atoms with Crippen LogP contribution in [0.25, 0.3) is 0 Å². The highest BCUT2D eigenvalue weighted by Crippen LogP contribution is 2.47. The molecule has 2 aliphatic rings. The normalized spacial score (nSPS) is 18.6. The van der Waals surface area contributed by atoms with Gasteiger partial charge in [0.25, 0.3) is 0 Å². The van der Waals surface area contributed by atoms with E-state index in [9.17, 15) is 29.4 Å². The molecule has 1 heterocycles. The molecule has 0 spiro atoms. The molecular weight excluding hydrogens is 676 g/mol. The van der Waals surface area contributed by atoms with Gasteiger partial charge in [-0.05, 0) is 60.8 Å². The van der Waals surface area contributed by atoms with Crippen LogP contribution in [0.5, 0.6) is 5.75 Å². The molecule has 2 aromatic carbocycles. The summed E-state index contributed by atoms with van der Waals surface area (Å²) in [5.41, 5.74) is 5.71. The first-order valence-electron chi connectivity index (χ1n) is 19.0. The van der Waals surface area contributed by atoms with Crippen LogP contribution in [0, 0.1) is 17.8 Å². The lowest BCUT2D eigenvalue weighted by atomic mass is 9.72. The summed E-state index contributed by atoms with van der Waals surface area (Å²) in [6.45, 7) is 9.19. The minimum atomic E-state index is -1.96. The molecule has 1 fully saturated rings. The van der Waals surface area contributed by atoms with Crippen LogP contribution in [-0.2, 0) is 25.6 Å². The van der Waals surface area contributed by atoms with Gasteiger partial charge in [0.15, 0.2) is 0 Å². The fraction of sp³-hybridized carbons (Fsp3) is 0.585. The molecule has 4 rings (SSSR count). The zero-order valence-corrected chi connectivity index (χ0v) is 31.8. The van der Waals surface area contributed by atoms with Crippen molar-refractivity contribution in [1.82, 2.24) is 15.5 Å². The van der Waals surface area contributed by atoms with Crippen LogP contribution in [0.2, 0.25) is 0 Å². The first-order valence-corrected chi connectivity index (χ1v) is 19.0. The van der Waals surface area contributed by atoms with E-state index >= 15 is 4.79 Å². The van der Waals surface area contributed by atoms with Crippen molar-refractivity contribution in [2.24, 2.45) is 23.5 Å². The minimum Gasteiger partial charge on any atom is -0.493 e. The second kappa shape index (κ2) is 18.6. The zero-order valence-electron chi connectivity index (χ0n) is 31.8. The number of hydrogen-bond acceptors (Lipinski definition) is 8. The lowest BCUT2D eigenvalue weighted by Gasteiger charge is -2.47. The van der Waals surface area contributed by atoms with Crippen LogP contribution >= 0.6 is 0 Å². The van der Waals surface area contributed by atoms with Crippen LogP contribution in [0.1, 0.15) is 113 Å². The Morgan fingerprint density at radius 1 is 0.981 bits per heavy atom. The molecule has 53 heavy (non-hydrogen) atoms. The summed E-state index contributed by atoms with van der Waals surface area (Å²) < 4.78 is 6.07. The van der Waals surface area contributed by atoms with E-state index < -0.39 is 53.3 Å². The number of carbonyl (C=O) groups is 5. The van der Waals surface area contributed by atoms with Gasteiger partial charge in [0.05, 0.1) is 42.7 Å². The van der Waals surface area contributed by atoms with Crippen molar-refractivity contribution < 1.29 is 38.9 Å². The Labute approximate surface area is 313 Å². The summed E-state index contributed by atoms with van der Waals surface area (Å²) in [5, 5.41) is 27.5. The molecule has 1 aliphatic carbocycles. The van der Waals surface area contributed by atoms with Crippen molar-refractivity contribution in [3.05, 3.63) is 65.2 Å². The molecule has 4 amide bonds. The van der Waals surface area contributed by atoms with E-state index in [0.29, 0.717) is 24.3 Å². The van der Waals surface area contributed by atoms with Gasteiger partial charge >= 0.3 is 5.97 Å². The molecule has 1 saturated carbocycles. The van der Waals surface area contributed by atoms with Gasteiger partial charge < -0.3 is 31.3 Å². The molecule has 1 unspecified atom stereocenters. The summed E-state index contributed by atoms with van der Waals surface area (Å²) >= 11 is 0. The SMILES string of the molecule is CC(=O)N(C(=O)[C@@H](N)Cc1ccccc1)[C@](CC(C)C)(C(=O)N[C@@H](CC1CCCCC1)[C@@H](O)CC(=O)NCC(C)C)C1COc2ccc(C(=O)O)cc21. The molecule has 0 saturated heterocycles. The monoisotopic (exact) mass is 734 g/mol. The van der Waals surface area contributed by atoms with Gasteiger partial charge in [-0.3, -0.25) is 24.1 Å². The molecule has 1 aliphatic heterocycles. The zero-order chi connectivity index (χ0) is 38.9. The standard InChI is InChI=1S/C41H58N4O8/c1-25(2)22-41(32-24-53-36-17-16-30(39(50)51)20-31(32)36,45(27(5)46)38(49)33(42)18-28-12-8-6-9-13-28)40(52)44-34(19-29-14-10-7-11-15-29)35(47)21-37(48)43-23-26(3)4/h6,8-9,12-13,16-17,20,25-26,29,32-35,47H,7,10-11,14-15,18-19,21-24,42H2,1-5H3,(H,43,48)(H,44,52)(H,50,51)/t32?,33-,34-,35-,41-/m0/s1. The molecule has 290 valence electrons.